The summed E-state index contributed by atoms with van der Waals surface area (Å²) in [7, 11) is -3.20. The number of hydrogen-bond acceptors (Lipinski definition) is 5. The Morgan fingerprint density at radius 1 is 1.19 bits per heavy atom. The fourth-order valence-corrected chi connectivity index (χ4v) is 2.30. The minimum atomic E-state index is -3.20. The Morgan fingerprint density at radius 2 is 1.86 bits per heavy atom. The average molecular weight is 306 g/mol. The third-order valence-corrected chi connectivity index (χ3v) is 3.96. The van der Waals surface area contributed by atoms with Gasteiger partial charge in [-0.2, -0.15) is 0 Å². The third kappa shape index (κ3) is 4.03. The van der Waals surface area contributed by atoms with Gasteiger partial charge in [-0.05, 0) is 36.4 Å². The Bertz CT molecular complexity index is 738. The van der Waals surface area contributed by atoms with Crippen molar-refractivity contribution < 1.29 is 18.3 Å². The van der Waals surface area contributed by atoms with Gasteiger partial charge in [0.15, 0.2) is 9.84 Å². The molecule has 2 aromatic rings. The second kappa shape index (κ2) is 5.92. The van der Waals surface area contributed by atoms with Crippen molar-refractivity contribution in [1.82, 2.24) is 4.98 Å². The van der Waals surface area contributed by atoms with Gasteiger partial charge < -0.3 is 10.4 Å². The number of benzene rings is 1. The smallest absolute Gasteiger partial charge is 0.337 e. The molecule has 110 valence electrons. The van der Waals surface area contributed by atoms with Gasteiger partial charge in [-0.25, -0.2) is 13.2 Å². The van der Waals surface area contributed by atoms with E-state index in [1.54, 1.807) is 18.2 Å². The Balaban J connectivity index is 2.01. The summed E-state index contributed by atoms with van der Waals surface area (Å²) in [5.41, 5.74) is 1.58. The summed E-state index contributed by atoms with van der Waals surface area (Å²) >= 11 is 0. The van der Waals surface area contributed by atoms with Crippen LogP contribution in [0.4, 0.5) is 5.69 Å². The van der Waals surface area contributed by atoms with Crippen LogP contribution in [-0.4, -0.2) is 30.7 Å². The molecule has 0 aliphatic carbocycles. The van der Waals surface area contributed by atoms with Gasteiger partial charge in [0.25, 0.3) is 0 Å². The van der Waals surface area contributed by atoms with Gasteiger partial charge in [0.1, 0.15) is 0 Å². The number of aromatic nitrogens is 1. The molecule has 1 aromatic heterocycles. The summed E-state index contributed by atoms with van der Waals surface area (Å²) in [6, 6.07) is 9.50. The molecule has 0 radical (unpaired) electrons. The number of anilines is 1. The lowest BCUT2D eigenvalue weighted by Crippen LogP contribution is -2.04. The van der Waals surface area contributed by atoms with Crippen LogP contribution in [-0.2, 0) is 16.4 Å². The highest BCUT2D eigenvalue weighted by Gasteiger charge is 2.06. The summed E-state index contributed by atoms with van der Waals surface area (Å²) in [6.45, 7) is 0.415. The maximum Gasteiger partial charge on any atom is 0.337 e. The zero-order chi connectivity index (χ0) is 15.5. The molecule has 0 saturated carbocycles. The second-order valence-corrected chi connectivity index (χ2v) is 6.51. The Labute approximate surface area is 122 Å². The predicted molar refractivity (Wildman–Crippen MR) is 78.1 cm³/mol. The second-order valence-electron chi connectivity index (χ2n) is 4.49. The van der Waals surface area contributed by atoms with Gasteiger partial charge in [0.2, 0.25) is 0 Å². The number of rotatable bonds is 5. The van der Waals surface area contributed by atoms with E-state index in [-0.39, 0.29) is 10.5 Å². The van der Waals surface area contributed by atoms with Crippen molar-refractivity contribution in [3.05, 3.63) is 53.9 Å². The van der Waals surface area contributed by atoms with Gasteiger partial charge in [0, 0.05) is 18.1 Å². The first-order valence-electron chi connectivity index (χ1n) is 6.08. The van der Waals surface area contributed by atoms with Crippen molar-refractivity contribution in [2.45, 2.75) is 11.4 Å². The van der Waals surface area contributed by atoms with Crippen LogP contribution in [0, 0.1) is 0 Å². The highest BCUT2D eigenvalue weighted by atomic mass is 32.2. The normalized spacial score (nSPS) is 11.1. The molecule has 2 rings (SSSR count). The number of pyridine rings is 1. The number of aromatic carboxylic acids is 1. The number of hydrogen-bond donors (Lipinski definition) is 2. The van der Waals surface area contributed by atoms with Gasteiger partial charge in [0.05, 0.1) is 22.7 Å². The van der Waals surface area contributed by atoms with Gasteiger partial charge in [-0.1, -0.05) is 0 Å². The quantitative estimate of drug-likeness (QED) is 0.874. The molecule has 0 aliphatic heterocycles. The van der Waals surface area contributed by atoms with E-state index in [1.807, 2.05) is 0 Å². The number of carboxylic acid groups (broad SMARTS) is 1. The zero-order valence-corrected chi connectivity index (χ0v) is 12.1. The molecule has 21 heavy (non-hydrogen) atoms. The van der Waals surface area contributed by atoms with Crippen molar-refractivity contribution >= 4 is 21.5 Å². The maximum absolute atomic E-state index is 11.3. The Morgan fingerprint density at radius 3 is 2.33 bits per heavy atom. The molecule has 6 nitrogen and oxygen atoms in total. The molecule has 0 unspecified atom stereocenters. The fraction of sp³-hybridized carbons (Fsp3) is 0.143. The van der Waals surface area contributed by atoms with E-state index in [0.717, 1.165) is 11.9 Å². The van der Waals surface area contributed by atoms with Gasteiger partial charge in [-0.15, -0.1) is 0 Å². The lowest BCUT2D eigenvalue weighted by molar-refractivity contribution is 0.0696. The van der Waals surface area contributed by atoms with Crippen LogP contribution in [0.1, 0.15) is 16.1 Å². The fourth-order valence-electron chi connectivity index (χ4n) is 1.67. The molecule has 0 atom stereocenters. The average Bonchev–Trinajstić information content (AvgIpc) is 2.45. The monoisotopic (exact) mass is 306 g/mol. The van der Waals surface area contributed by atoms with Crippen LogP contribution in [0.25, 0.3) is 0 Å². The number of sulfone groups is 1. The molecule has 0 bridgehead atoms. The number of nitrogens with zero attached hydrogens (tertiary/aromatic N) is 1. The molecule has 0 spiro atoms. The molecular weight excluding hydrogens is 292 g/mol. The highest BCUT2D eigenvalue weighted by molar-refractivity contribution is 7.90. The van der Waals surface area contributed by atoms with Gasteiger partial charge >= 0.3 is 5.97 Å². The third-order valence-electron chi connectivity index (χ3n) is 2.83. The predicted octanol–water partition coefficient (Wildman–Crippen LogP) is 1.80. The number of carboxylic acids is 1. The summed E-state index contributed by atoms with van der Waals surface area (Å²) in [5, 5.41) is 11.9. The van der Waals surface area contributed by atoms with Crippen LogP contribution in [0.5, 0.6) is 0 Å². The van der Waals surface area contributed by atoms with Crippen molar-refractivity contribution in [1.29, 1.82) is 0 Å². The van der Waals surface area contributed by atoms with E-state index in [2.05, 4.69) is 10.3 Å². The van der Waals surface area contributed by atoms with Crippen molar-refractivity contribution in [2.75, 3.05) is 11.6 Å². The topological polar surface area (TPSA) is 96.4 Å². The summed E-state index contributed by atoms with van der Waals surface area (Å²) in [6.07, 6.45) is 2.45. The first-order valence-corrected chi connectivity index (χ1v) is 7.97. The van der Waals surface area contributed by atoms with Crippen LogP contribution in [0.15, 0.2) is 47.5 Å². The largest absolute Gasteiger partial charge is 0.478 e. The molecule has 1 aromatic carbocycles. The summed E-state index contributed by atoms with van der Waals surface area (Å²) in [5.74, 6) is -1.02. The lowest BCUT2D eigenvalue weighted by atomic mass is 10.2. The van der Waals surface area contributed by atoms with Crippen LogP contribution >= 0.6 is 0 Å². The summed E-state index contributed by atoms with van der Waals surface area (Å²) < 4.78 is 22.7. The van der Waals surface area contributed by atoms with Crippen LogP contribution in [0.3, 0.4) is 0 Å². The highest BCUT2D eigenvalue weighted by Crippen LogP contribution is 2.14. The molecule has 7 heteroatoms. The van der Waals surface area contributed by atoms with E-state index >= 15 is 0 Å². The SMILES string of the molecule is CS(=O)(=O)c1ccc(NCc2ccc(C(=O)O)cn2)cc1. The van der Waals surface area contributed by atoms with Crippen LogP contribution < -0.4 is 5.32 Å². The van der Waals surface area contributed by atoms with E-state index < -0.39 is 15.8 Å². The molecule has 2 N–H and O–H groups in total. The van der Waals surface area contributed by atoms with E-state index in [1.165, 1.54) is 24.4 Å². The first-order chi connectivity index (χ1) is 9.86. The van der Waals surface area contributed by atoms with E-state index in [0.29, 0.717) is 12.2 Å². The molecule has 0 amide bonds. The molecule has 1 heterocycles. The minimum Gasteiger partial charge on any atom is -0.478 e. The number of carbonyl (C=O) groups is 1. The molecular formula is C14H14N2O4S. The zero-order valence-electron chi connectivity index (χ0n) is 11.3. The summed E-state index contributed by atoms with van der Waals surface area (Å²) in [4.78, 5) is 15.0. The molecule has 0 saturated heterocycles. The maximum atomic E-state index is 11.3. The van der Waals surface area contributed by atoms with Crippen molar-refractivity contribution in [2.24, 2.45) is 0 Å². The lowest BCUT2D eigenvalue weighted by Gasteiger charge is -2.07. The van der Waals surface area contributed by atoms with E-state index in [9.17, 15) is 13.2 Å². The Kier molecular flexibility index (Phi) is 4.23. The number of nitrogens with one attached hydrogen (secondary N) is 1. The Hall–Kier alpha value is -2.41. The standard InChI is InChI=1S/C14H14N2O4S/c1-21(19,20)13-6-4-11(5-7-13)16-9-12-3-2-10(8-15-12)14(17)18/h2-8,16H,9H2,1H3,(H,17,18). The first kappa shape index (κ1) is 15.0. The minimum absolute atomic E-state index is 0.135. The van der Waals surface area contributed by atoms with Crippen molar-refractivity contribution in [3.8, 4) is 0 Å². The van der Waals surface area contributed by atoms with Gasteiger partial charge in [-0.3, -0.25) is 4.98 Å². The van der Waals surface area contributed by atoms with Crippen LogP contribution in [0.2, 0.25) is 0 Å². The molecule has 0 aliphatic rings. The van der Waals surface area contributed by atoms with Crippen molar-refractivity contribution in [3.63, 3.8) is 0 Å². The van der Waals surface area contributed by atoms with E-state index in [4.69, 9.17) is 5.11 Å². The molecule has 0 fully saturated rings.